The van der Waals surface area contributed by atoms with Gasteiger partial charge in [-0.2, -0.15) is 0 Å². The predicted octanol–water partition coefficient (Wildman–Crippen LogP) is 4.53. The maximum atomic E-state index is 13.1. The lowest BCUT2D eigenvalue weighted by molar-refractivity contribution is -0.140. The minimum atomic E-state index is -1.69. The highest BCUT2D eigenvalue weighted by atomic mass is 28.4. The largest absolute Gasteiger partial charge is 0.417 e. The van der Waals surface area contributed by atoms with E-state index in [1.165, 1.54) is 19.3 Å². The first kappa shape index (κ1) is 20.1. The van der Waals surface area contributed by atoms with Crippen LogP contribution in [0.5, 0.6) is 0 Å². The second-order valence-corrected chi connectivity index (χ2v) is 14.7. The standard InChI is InChI=1S/C21H38N2O2Si/c1-20(2,3)26(4,5)25-16-9-11-18-17-21-12-7-6-8-13-22(21)14-10-15-23(21)19(18)24/h17H,6-16H2,1-5H3. The fraction of sp³-hybridized carbons (Fsp3) is 0.857. The second-order valence-electron chi connectivity index (χ2n) is 9.87. The van der Waals surface area contributed by atoms with Crippen molar-refractivity contribution in [1.82, 2.24) is 9.80 Å². The summed E-state index contributed by atoms with van der Waals surface area (Å²) in [5, 5.41) is 0.246. The third kappa shape index (κ3) is 3.67. The van der Waals surface area contributed by atoms with E-state index in [9.17, 15) is 4.79 Å². The summed E-state index contributed by atoms with van der Waals surface area (Å²) in [6.07, 6.45) is 10.2. The molecule has 0 aliphatic carbocycles. The van der Waals surface area contributed by atoms with Gasteiger partial charge in [0.2, 0.25) is 0 Å². The van der Waals surface area contributed by atoms with Crippen molar-refractivity contribution in [3.8, 4) is 0 Å². The van der Waals surface area contributed by atoms with Crippen LogP contribution >= 0.6 is 0 Å². The Morgan fingerprint density at radius 1 is 1.12 bits per heavy atom. The quantitative estimate of drug-likeness (QED) is 0.520. The Bertz CT molecular complexity index is 567. The summed E-state index contributed by atoms with van der Waals surface area (Å²) in [6, 6.07) is 0. The molecule has 1 atom stereocenters. The zero-order chi connectivity index (χ0) is 19.0. The number of hydrogen-bond acceptors (Lipinski definition) is 3. The Morgan fingerprint density at radius 3 is 2.58 bits per heavy atom. The Hall–Kier alpha value is -0.653. The molecular formula is C21H38N2O2Si. The molecule has 3 rings (SSSR count). The molecule has 0 radical (unpaired) electrons. The van der Waals surface area contributed by atoms with Crippen LogP contribution in [0.3, 0.4) is 0 Å². The fourth-order valence-corrected chi connectivity index (χ4v) is 5.55. The number of carbonyl (C=O) groups excluding carboxylic acids is 1. The molecule has 148 valence electrons. The molecule has 0 aromatic carbocycles. The minimum Gasteiger partial charge on any atom is -0.417 e. The van der Waals surface area contributed by atoms with Crippen LogP contribution in [0.4, 0.5) is 0 Å². The van der Waals surface area contributed by atoms with Crippen molar-refractivity contribution in [2.24, 2.45) is 0 Å². The molecule has 26 heavy (non-hydrogen) atoms. The normalized spacial score (nSPS) is 27.8. The summed E-state index contributed by atoms with van der Waals surface area (Å²) in [6.45, 7) is 15.4. The molecule has 1 unspecified atom stereocenters. The molecule has 0 saturated carbocycles. The highest BCUT2D eigenvalue weighted by molar-refractivity contribution is 6.74. The summed E-state index contributed by atoms with van der Waals surface area (Å²) in [5.74, 6) is 0.295. The highest BCUT2D eigenvalue weighted by Crippen LogP contribution is 2.42. The molecule has 2 saturated heterocycles. The topological polar surface area (TPSA) is 32.8 Å². The zero-order valence-electron chi connectivity index (χ0n) is 17.6. The molecule has 0 aromatic heterocycles. The van der Waals surface area contributed by atoms with Crippen molar-refractivity contribution < 1.29 is 9.22 Å². The molecule has 2 fully saturated rings. The van der Waals surface area contributed by atoms with Gasteiger partial charge in [-0.1, -0.05) is 27.2 Å². The molecule has 3 aliphatic heterocycles. The van der Waals surface area contributed by atoms with Crippen LogP contribution in [0.25, 0.3) is 0 Å². The number of rotatable bonds is 5. The summed E-state index contributed by atoms with van der Waals surface area (Å²) < 4.78 is 6.31. The van der Waals surface area contributed by atoms with Gasteiger partial charge in [-0.3, -0.25) is 9.69 Å². The molecule has 3 heterocycles. The van der Waals surface area contributed by atoms with Crippen molar-refractivity contribution in [1.29, 1.82) is 0 Å². The van der Waals surface area contributed by atoms with E-state index >= 15 is 0 Å². The molecule has 0 N–H and O–H groups in total. The molecular weight excluding hydrogens is 340 g/mol. The maximum Gasteiger partial charge on any atom is 0.251 e. The zero-order valence-corrected chi connectivity index (χ0v) is 18.6. The van der Waals surface area contributed by atoms with Crippen molar-refractivity contribution in [3.05, 3.63) is 11.6 Å². The van der Waals surface area contributed by atoms with Crippen LogP contribution in [-0.4, -0.2) is 55.9 Å². The van der Waals surface area contributed by atoms with E-state index < -0.39 is 8.32 Å². The number of nitrogens with zero attached hydrogens (tertiary/aromatic N) is 2. The first-order chi connectivity index (χ1) is 12.2. The summed E-state index contributed by atoms with van der Waals surface area (Å²) in [4.78, 5) is 17.8. The van der Waals surface area contributed by atoms with E-state index in [1.54, 1.807) is 0 Å². The van der Waals surface area contributed by atoms with Gasteiger partial charge < -0.3 is 9.33 Å². The Balaban J connectivity index is 1.63. The lowest BCUT2D eigenvalue weighted by Crippen LogP contribution is -2.62. The monoisotopic (exact) mass is 378 g/mol. The van der Waals surface area contributed by atoms with Crippen LogP contribution in [0, 0.1) is 0 Å². The summed E-state index contributed by atoms with van der Waals surface area (Å²) in [5.41, 5.74) is 0.944. The van der Waals surface area contributed by atoms with Crippen LogP contribution in [0.1, 0.15) is 65.7 Å². The van der Waals surface area contributed by atoms with E-state index in [4.69, 9.17) is 4.43 Å². The van der Waals surface area contributed by atoms with E-state index in [2.05, 4.69) is 49.7 Å². The predicted molar refractivity (Wildman–Crippen MR) is 110 cm³/mol. The second kappa shape index (κ2) is 7.40. The number of carbonyl (C=O) groups is 1. The number of hydrogen-bond donors (Lipinski definition) is 0. The van der Waals surface area contributed by atoms with Gasteiger partial charge in [0.25, 0.3) is 5.91 Å². The van der Waals surface area contributed by atoms with Crippen LogP contribution in [-0.2, 0) is 9.22 Å². The van der Waals surface area contributed by atoms with Gasteiger partial charge >= 0.3 is 0 Å². The first-order valence-corrected chi connectivity index (χ1v) is 13.5. The Labute approximate surface area is 161 Å². The Morgan fingerprint density at radius 2 is 1.85 bits per heavy atom. The summed E-state index contributed by atoms with van der Waals surface area (Å²) in [7, 11) is -1.69. The average molecular weight is 379 g/mol. The van der Waals surface area contributed by atoms with Crippen molar-refractivity contribution in [2.75, 3.05) is 26.2 Å². The minimum absolute atomic E-state index is 0.0958. The molecule has 4 nitrogen and oxygen atoms in total. The van der Waals surface area contributed by atoms with E-state index in [1.807, 2.05) is 0 Å². The van der Waals surface area contributed by atoms with Crippen LogP contribution in [0.15, 0.2) is 11.6 Å². The van der Waals surface area contributed by atoms with Gasteiger partial charge in [0.1, 0.15) is 5.66 Å². The van der Waals surface area contributed by atoms with E-state index in [0.717, 1.165) is 57.5 Å². The lowest BCUT2D eigenvalue weighted by Gasteiger charge is -2.49. The van der Waals surface area contributed by atoms with Crippen LogP contribution in [0.2, 0.25) is 18.1 Å². The van der Waals surface area contributed by atoms with Gasteiger partial charge in [0.05, 0.1) is 0 Å². The van der Waals surface area contributed by atoms with Gasteiger partial charge in [-0.15, -0.1) is 0 Å². The van der Waals surface area contributed by atoms with Crippen molar-refractivity contribution >= 4 is 14.2 Å². The molecule has 5 heteroatoms. The molecule has 0 aromatic rings. The van der Waals surface area contributed by atoms with Crippen LogP contribution < -0.4 is 0 Å². The fourth-order valence-electron chi connectivity index (χ4n) is 4.46. The smallest absolute Gasteiger partial charge is 0.251 e. The molecule has 1 spiro atoms. The van der Waals surface area contributed by atoms with Gasteiger partial charge in [0.15, 0.2) is 8.32 Å². The SMILES string of the molecule is CC(C)(C)[Si](C)(C)OCCCC1=CC23CCCCCN2CCCN3C1=O. The summed E-state index contributed by atoms with van der Waals surface area (Å²) >= 11 is 0. The molecule has 3 aliphatic rings. The highest BCUT2D eigenvalue weighted by Gasteiger charge is 2.50. The number of amides is 1. The van der Waals surface area contributed by atoms with Crippen molar-refractivity contribution in [3.63, 3.8) is 0 Å². The maximum absolute atomic E-state index is 13.1. The third-order valence-corrected chi connectivity index (χ3v) is 11.6. The average Bonchev–Trinajstić information content (AvgIpc) is 2.70. The van der Waals surface area contributed by atoms with Gasteiger partial charge in [-0.25, -0.2) is 0 Å². The molecule has 1 amide bonds. The van der Waals surface area contributed by atoms with Gasteiger partial charge in [0, 0.05) is 31.8 Å². The lowest BCUT2D eigenvalue weighted by atomic mass is 9.98. The van der Waals surface area contributed by atoms with Gasteiger partial charge in [-0.05, 0) is 62.7 Å². The molecule has 0 bridgehead atoms. The third-order valence-electron chi connectivity index (χ3n) is 7.08. The van der Waals surface area contributed by atoms with Crippen molar-refractivity contribution in [2.45, 2.75) is 89.5 Å². The van der Waals surface area contributed by atoms with E-state index in [0.29, 0.717) is 5.91 Å². The Kier molecular flexibility index (Phi) is 5.72. The first-order valence-electron chi connectivity index (χ1n) is 10.6. The van der Waals surface area contributed by atoms with E-state index in [-0.39, 0.29) is 10.7 Å².